The molecule has 0 aliphatic rings. The van der Waals surface area contributed by atoms with Crippen molar-refractivity contribution in [2.24, 2.45) is 0 Å². The van der Waals surface area contributed by atoms with E-state index in [2.05, 4.69) is 14.8 Å². The smallest absolute Gasteiger partial charge is 0.354 e. The van der Waals surface area contributed by atoms with Crippen molar-refractivity contribution < 1.29 is 28.2 Å². The van der Waals surface area contributed by atoms with Crippen LogP contribution in [0.2, 0.25) is 5.02 Å². The molecule has 1 aromatic carbocycles. The van der Waals surface area contributed by atoms with Crippen molar-refractivity contribution in [1.82, 2.24) is 0 Å². The van der Waals surface area contributed by atoms with Crippen LogP contribution in [0.1, 0.15) is 0 Å². The Morgan fingerprint density at radius 2 is 1.90 bits per heavy atom. The van der Waals surface area contributed by atoms with Crippen molar-refractivity contribution in [1.29, 1.82) is 0 Å². The Labute approximate surface area is 125 Å². The molecule has 1 rings (SSSR count). The molecule has 1 N–H and O–H groups in total. The molecule has 0 aliphatic heterocycles. The first-order valence-corrected chi connectivity index (χ1v) is 5.99. The normalized spacial score (nSPS) is 10.8. The van der Waals surface area contributed by atoms with E-state index in [0.29, 0.717) is 0 Å². The molecule has 0 spiro atoms. The monoisotopic (exact) mass is 317 g/mol. The van der Waals surface area contributed by atoms with E-state index in [1.807, 2.05) is 0 Å². The van der Waals surface area contributed by atoms with Gasteiger partial charge in [-0.3, -0.25) is 0 Å². The molecule has 0 aromatic heterocycles. The largest absolute Gasteiger partial charge is 0.494 e. The van der Waals surface area contributed by atoms with Crippen molar-refractivity contribution >= 4 is 29.2 Å². The highest BCUT2D eigenvalue weighted by Gasteiger charge is 2.19. The van der Waals surface area contributed by atoms with Gasteiger partial charge in [0.15, 0.2) is 11.6 Å². The van der Waals surface area contributed by atoms with Crippen LogP contribution in [-0.2, 0) is 19.1 Å². The van der Waals surface area contributed by atoms with Crippen molar-refractivity contribution in [3.63, 3.8) is 0 Å². The zero-order chi connectivity index (χ0) is 16.0. The van der Waals surface area contributed by atoms with Gasteiger partial charge in [0.05, 0.1) is 38.1 Å². The molecule has 0 saturated carbocycles. The summed E-state index contributed by atoms with van der Waals surface area (Å²) < 4.78 is 27.8. The second-order valence-electron chi connectivity index (χ2n) is 3.64. The average molecular weight is 318 g/mol. The van der Waals surface area contributed by atoms with Gasteiger partial charge in [-0.05, 0) is 12.1 Å². The minimum absolute atomic E-state index is 0.00651. The lowest BCUT2D eigenvalue weighted by atomic mass is 10.2. The number of rotatable bonds is 5. The quantitative estimate of drug-likeness (QED) is 0.662. The van der Waals surface area contributed by atoms with Gasteiger partial charge in [0.2, 0.25) is 0 Å². The molecular formula is C13H13ClFNO5. The summed E-state index contributed by atoms with van der Waals surface area (Å²) >= 11 is 5.87. The van der Waals surface area contributed by atoms with Crippen LogP contribution in [0.4, 0.5) is 10.1 Å². The van der Waals surface area contributed by atoms with Gasteiger partial charge in [0.1, 0.15) is 5.70 Å². The second kappa shape index (κ2) is 7.49. The fourth-order valence-electron chi connectivity index (χ4n) is 1.37. The Kier molecular flexibility index (Phi) is 5.98. The summed E-state index contributed by atoms with van der Waals surface area (Å²) in [4.78, 5) is 22.8. The number of carbonyl (C=O) groups excluding carboxylic acids is 2. The Morgan fingerprint density at radius 1 is 1.24 bits per heavy atom. The fraction of sp³-hybridized carbons (Fsp3) is 0.231. The number of esters is 2. The number of halogens is 2. The van der Waals surface area contributed by atoms with E-state index in [1.54, 1.807) is 0 Å². The van der Waals surface area contributed by atoms with Crippen LogP contribution >= 0.6 is 11.6 Å². The summed E-state index contributed by atoms with van der Waals surface area (Å²) in [5.41, 5.74) is -0.560. The molecule has 114 valence electrons. The summed E-state index contributed by atoms with van der Waals surface area (Å²) in [7, 11) is 3.52. The van der Waals surface area contributed by atoms with E-state index >= 15 is 0 Å². The molecular weight excluding hydrogens is 305 g/mol. The van der Waals surface area contributed by atoms with Crippen LogP contribution in [-0.4, -0.2) is 33.3 Å². The Bertz CT molecular complexity index is 588. The summed E-state index contributed by atoms with van der Waals surface area (Å²) in [6.45, 7) is 0. The molecule has 0 saturated heterocycles. The lowest BCUT2D eigenvalue weighted by molar-refractivity contribution is -0.138. The first kappa shape index (κ1) is 16.8. The molecule has 0 heterocycles. The maximum atomic E-state index is 14.1. The first-order chi connectivity index (χ1) is 9.94. The average Bonchev–Trinajstić information content (AvgIpc) is 2.49. The van der Waals surface area contributed by atoms with Gasteiger partial charge in [-0.1, -0.05) is 11.6 Å². The van der Waals surface area contributed by atoms with Crippen molar-refractivity contribution in [3.8, 4) is 5.75 Å². The molecule has 0 bridgehead atoms. The highest BCUT2D eigenvalue weighted by atomic mass is 35.5. The molecule has 1 aromatic rings. The van der Waals surface area contributed by atoms with Gasteiger partial charge >= 0.3 is 11.9 Å². The van der Waals surface area contributed by atoms with Crippen LogP contribution in [0.25, 0.3) is 0 Å². The first-order valence-electron chi connectivity index (χ1n) is 5.61. The van der Waals surface area contributed by atoms with Gasteiger partial charge in [0.25, 0.3) is 0 Å². The molecule has 0 fully saturated rings. The molecule has 0 radical (unpaired) electrons. The van der Waals surface area contributed by atoms with Crippen LogP contribution < -0.4 is 10.1 Å². The Hall–Kier alpha value is -2.28. The van der Waals surface area contributed by atoms with Crippen molar-refractivity contribution in [3.05, 3.63) is 34.7 Å². The van der Waals surface area contributed by atoms with E-state index in [4.69, 9.17) is 16.3 Å². The molecule has 0 atom stereocenters. The number of hydrogen-bond acceptors (Lipinski definition) is 6. The van der Waals surface area contributed by atoms with Crippen LogP contribution in [0, 0.1) is 5.82 Å². The number of nitrogens with one attached hydrogen (secondary N) is 1. The number of ether oxygens (including phenoxy) is 3. The maximum Gasteiger partial charge on any atom is 0.354 e. The Balaban J connectivity index is 3.24. The molecule has 0 aliphatic carbocycles. The van der Waals surface area contributed by atoms with Gasteiger partial charge in [0, 0.05) is 0 Å². The Morgan fingerprint density at radius 3 is 2.43 bits per heavy atom. The zero-order valence-corrected chi connectivity index (χ0v) is 12.3. The summed E-state index contributed by atoms with van der Waals surface area (Å²) in [5.74, 6) is -2.60. The molecule has 8 heteroatoms. The van der Waals surface area contributed by atoms with Crippen molar-refractivity contribution in [2.75, 3.05) is 26.6 Å². The third kappa shape index (κ3) is 4.09. The summed E-state index contributed by atoms with van der Waals surface area (Å²) in [5, 5.41) is 2.40. The van der Waals surface area contributed by atoms with E-state index < -0.39 is 17.8 Å². The van der Waals surface area contributed by atoms with Gasteiger partial charge < -0.3 is 19.5 Å². The molecule has 6 nitrogen and oxygen atoms in total. The summed E-state index contributed by atoms with van der Waals surface area (Å²) in [6, 6.07) is 2.70. The lowest BCUT2D eigenvalue weighted by Gasteiger charge is -2.13. The predicted molar refractivity (Wildman–Crippen MR) is 73.7 cm³/mol. The number of hydrogen-bond donors (Lipinski definition) is 1. The highest BCUT2D eigenvalue weighted by molar-refractivity contribution is 6.33. The number of anilines is 1. The lowest BCUT2D eigenvalue weighted by Crippen LogP contribution is -2.16. The predicted octanol–water partition coefficient (Wildman–Crippen LogP) is 2.13. The van der Waals surface area contributed by atoms with Gasteiger partial charge in [-0.25, -0.2) is 14.0 Å². The molecule has 0 unspecified atom stereocenters. The second-order valence-corrected chi connectivity index (χ2v) is 4.04. The number of benzene rings is 1. The fourth-order valence-corrected chi connectivity index (χ4v) is 1.57. The summed E-state index contributed by atoms with van der Waals surface area (Å²) in [6.07, 6.45) is 0.821. The van der Waals surface area contributed by atoms with Crippen LogP contribution in [0.15, 0.2) is 23.9 Å². The van der Waals surface area contributed by atoms with Crippen molar-refractivity contribution in [2.45, 2.75) is 0 Å². The zero-order valence-electron chi connectivity index (χ0n) is 11.5. The maximum absolute atomic E-state index is 14.1. The minimum atomic E-state index is -0.890. The topological polar surface area (TPSA) is 73.9 Å². The third-order valence-electron chi connectivity index (χ3n) is 2.40. The van der Waals surface area contributed by atoms with E-state index in [-0.39, 0.29) is 22.2 Å². The molecule has 21 heavy (non-hydrogen) atoms. The van der Waals surface area contributed by atoms with Gasteiger partial charge in [-0.15, -0.1) is 0 Å². The standard InChI is InChI=1S/C13H13ClFNO5/c1-19-9-5-4-7(14)12(11(9)15)16-8(13(18)21-3)6-10(17)20-2/h4-6,16H,1-3H3/b8-6+. The number of carbonyl (C=O) groups is 2. The minimum Gasteiger partial charge on any atom is -0.494 e. The number of methoxy groups -OCH3 is 3. The van der Waals surface area contributed by atoms with E-state index in [9.17, 15) is 14.0 Å². The van der Waals surface area contributed by atoms with E-state index in [0.717, 1.165) is 20.3 Å². The molecule has 0 amide bonds. The SMILES string of the molecule is COC(=O)/C=C(/Nc1c(Cl)ccc(OC)c1F)C(=O)OC. The van der Waals surface area contributed by atoms with Crippen LogP contribution in [0.5, 0.6) is 5.75 Å². The highest BCUT2D eigenvalue weighted by Crippen LogP contribution is 2.32. The van der Waals surface area contributed by atoms with E-state index in [1.165, 1.54) is 19.2 Å². The van der Waals surface area contributed by atoms with Crippen LogP contribution in [0.3, 0.4) is 0 Å². The third-order valence-corrected chi connectivity index (χ3v) is 2.72. The van der Waals surface area contributed by atoms with Gasteiger partial charge in [-0.2, -0.15) is 0 Å².